The minimum atomic E-state index is -3.58. The molecular formula is C30H44N4O7S. The largest absolute Gasteiger partial charge is 0.490 e. The van der Waals surface area contributed by atoms with Gasteiger partial charge in [-0.3, -0.25) is 9.52 Å². The van der Waals surface area contributed by atoms with Gasteiger partial charge in [0.1, 0.15) is 5.75 Å². The molecule has 42 heavy (non-hydrogen) atoms. The Morgan fingerprint density at radius 2 is 1.86 bits per heavy atom. The van der Waals surface area contributed by atoms with Crippen molar-refractivity contribution in [3.8, 4) is 5.75 Å². The van der Waals surface area contributed by atoms with Crippen LogP contribution in [0.15, 0.2) is 48.5 Å². The van der Waals surface area contributed by atoms with Gasteiger partial charge >= 0.3 is 6.03 Å². The van der Waals surface area contributed by atoms with E-state index in [0.29, 0.717) is 18.0 Å². The zero-order valence-electron chi connectivity index (χ0n) is 25.1. The van der Waals surface area contributed by atoms with E-state index >= 15 is 0 Å². The molecule has 0 fully saturated rings. The van der Waals surface area contributed by atoms with Crippen LogP contribution in [0.1, 0.15) is 50.4 Å². The van der Waals surface area contributed by atoms with Crippen molar-refractivity contribution in [3.05, 3.63) is 54.1 Å². The van der Waals surface area contributed by atoms with Crippen LogP contribution < -0.4 is 14.8 Å². The lowest BCUT2D eigenvalue weighted by Crippen LogP contribution is -2.48. The van der Waals surface area contributed by atoms with E-state index in [1.165, 1.54) is 6.07 Å². The Bertz CT molecular complexity index is 1290. The number of anilines is 2. The molecule has 232 valence electrons. The fraction of sp³-hybridized carbons (Fsp3) is 0.533. The number of para-hydroxylation sites is 1. The minimum absolute atomic E-state index is 0.192. The van der Waals surface area contributed by atoms with Crippen molar-refractivity contribution in [2.75, 3.05) is 49.6 Å². The van der Waals surface area contributed by atoms with Gasteiger partial charge in [-0.05, 0) is 63.4 Å². The van der Waals surface area contributed by atoms with Crippen molar-refractivity contribution in [1.82, 2.24) is 9.80 Å². The number of carbonyl (C=O) groups excluding carboxylic acids is 2. The Hall–Kier alpha value is -3.35. The first-order chi connectivity index (χ1) is 19.9. The van der Waals surface area contributed by atoms with Gasteiger partial charge in [-0.15, -0.1) is 0 Å². The standard InChI is InChI=1S/C30H44N4O7S/c1-21-18-34(22(2)20-35)29(36)26-17-25(32-42(5,38)39)14-15-27(26)41-23(3)11-9-10-16-40-28(21)19-33(4)30(37)31-24-12-7-6-8-13-24/h6-8,12-15,17,21-23,28,32,35H,9-11,16,18-20H2,1-5H3,(H,31,37)/t21-,22-,23-,28-/m1/s1. The normalized spacial score (nSPS) is 21.3. The SMILES string of the molecule is C[C@@H]1CCCCO[C@H](CN(C)C(=O)Nc2ccccc2)[C@H](C)CN([C@H](C)CO)C(=O)c2cc(NS(C)(=O)=O)ccc2O1. The lowest BCUT2D eigenvalue weighted by molar-refractivity contribution is -0.0115. The molecule has 1 aliphatic heterocycles. The second kappa shape index (κ2) is 15.2. The van der Waals surface area contributed by atoms with Crippen LogP contribution in [0.2, 0.25) is 0 Å². The van der Waals surface area contributed by atoms with Gasteiger partial charge in [-0.1, -0.05) is 25.1 Å². The number of nitrogens with one attached hydrogen (secondary N) is 2. The number of likely N-dealkylation sites (N-methyl/N-ethyl adjacent to an activating group) is 1. The highest BCUT2D eigenvalue weighted by Gasteiger charge is 2.31. The fourth-order valence-electron chi connectivity index (χ4n) is 4.76. The van der Waals surface area contributed by atoms with Crippen LogP contribution in [-0.2, 0) is 14.8 Å². The smallest absolute Gasteiger partial charge is 0.321 e. The second-order valence-electron chi connectivity index (χ2n) is 11.1. The topological polar surface area (TPSA) is 138 Å². The predicted molar refractivity (Wildman–Crippen MR) is 163 cm³/mol. The summed E-state index contributed by atoms with van der Waals surface area (Å²) in [5.41, 5.74) is 1.11. The summed E-state index contributed by atoms with van der Waals surface area (Å²) in [6.45, 7) is 6.32. The number of benzene rings is 2. The van der Waals surface area contributed by atoms with Crippen molar-refractivity contribution in [2.45, 2.75) is 58.3 Å². The predicted octanol–water partition coefficient (Wildman–Crippen LogP) is 4.02. The van der Waals surface area contributed by atoms with Gasteiger partial charge in [0.15, 0.2) is 0 Å². The Balaban J connectivity index is 1.91. The Labute approximate surface area is 249 Å². The van der Waals surface area contributed by atoms with E-state index in [4.69, 9.17) is 9.47 Å². The molecule has 0 aliphatic carbocycles. The van der Waals surface area contributed by atoms with E-state index in [-0.39, 0.29) is 49.0 Å². The molecule has 3 N–H and O–H groups in total. The van der Waals surface area contributed by atoms with Crippen LogP contribution in [0.4, 0.5) is 16.2 Å². The zero-order chi connectivity index (χ0) is 30.9. The molecule has 0 saturated heterocycles. The first-order valence-electron chi connectivity index (χ1n) is 14.3. The molecule has 1 heterocycles. The van der Waals surface area contributed by atoms with E-state index in [1.807, 2.05) is 44.2 Å². The molecule has 11 nitrogen and oxygen atoms in total. The summed E-state index contributed by atoms with van der Waals surface area (Å²) in [5.74, 6) is -0.288. The number of urea groups is 1. The molecule has 2 aromatic carbocycles. The molecule has 0 spiro atoms. The third-order valence-corrected chi connectivity index (χ3v) is 7.79. The van der Waals surface area contributed by atoms with Gasteiger partial charge in [-0.25, -0.2) is 13.2 Å². The molecule has 0 bridgehead atoms. The maximum atomic E-state index is 14.1. The summed E-state index contributed by atoms with van der Waals surface area (Å²) in [6, 6.07) is 13.0. The van der Waals surface area contributed by atoms with Gasteiger partial charge in [0.2, 0.25) is 10.0 Å². The van der Waals surface area contributed by atoms with E-state index in [1.54, 1.807) is 35.9 Å². The molecule has 2 aromatic rings. The maximum Gasteiger partial charge on any atom is 0.321 e. The Morgan fingerprint density at radius 1 is 1.14 bits per heavy atom. The van der Waals surface area contributed by atoms with Crippen molar-refractivity contribution >= 4 is 33.3 Å². The zero-order valence-corrected chi connectivity index (χ0v) is 25.9. The van der Waals surface area contributed by atoms with E-state index in [9.17, 15) is 23.1 Å². The quantitative estimate of drug-likeness (QED) is 0.434. The molecule has 1 aliphatic rings. The van der Waals surface area contributed by atoms with Crippen LogP contribution >= 0.6 is 0 Å². The van der Waals surface area contributed by atoms with Gasteiger partial charge in [0.05, 0.1) is 36.7 Å². The molecule has 0 aromatic heterocycles. The number of hydrogen-bond donors (Lipinski definition) is 3. The van der Waals surface area contributed by atoms with Gasteiger partial charge in [0.25, 0.3) is 5.91 Å². The highest BCUT2D eigenvalue weighted by atomic mass is 32.2. The number of nitrogens with zero attached hydrogens (tertiary/aromatic N) is 2. The van der Waals surface area contributed by atoms with Crippen LogP contribution in [0.25, 0.3) is 0 Å². The van der Waals surface area contributed by atoms with E-state index in [2.05, 4.69) is 10.0 Å². The number of aliphatic hydroxyl groups is 1. The van der Waals surface area contributed by atoms with Crippen molar-refractivity contribution in [1.29, 1.82) is 0 Å². The van der Waals surface area contributed by atoms with Gasteiger partial charge in [-0.2, -0.15) is 0 Å². The summed E-state index contributed by atoms with van der Waals surface area (Å²) in [7, 11) is -1.88. The third-order valence-electron chi connectivity index (χ3n) is 7.18. The van der Waals surface area contributed by atoms with Crippen molar-refractivity contribution in [3.63, 3.8) is 0 Å². The maximum absolute atomic E-state index is 14.1. The number of aliphatic hydroxyl groups excluding tert-OH is 1. The number of sulfonamides is 1. The number of ether oxygens (including phenoxy) is 2. The molecule has 0 unspecified atom stereocenters. The Kier molecular flexibility index (Phi) is 12.0. The van der Waals surface area contributed by atoms with Crippen LogP contribution in [-0.4, -0.2) is 93.1 Å². The highest BCUT2D eigenvalue weighted by Crippen LogP contribution is 2.29. The number of amides is 3. The molecule has 12 heteroatoms. The lowest BCUT2D eigenvalue weighted by atomic mass is 10.0. The Morgan fingerprint density at radius 3 is 2.52 bits per heavy atom. The summed E-state index contributed by atoms with van der Waals surface area (Å²) in [4.78, 5) is 30.1. The number of rotatable bonds is 7. The van der Waals surface area contributed by atoms with E-state index in [0.717, 1.165) is 25.5 Å². The van der Waals surface area contributed by atoms with Gasteiger partial charge in [0, 0.05) is 44.0 Å². The summed E-state index contributed by atoms with van der Waals surface area (Å²) >= 11 is 0. The molecule has 0 radical (unpaired) electrons. The van der Waals surface area contributed by atoms with Crippen LogP contribution in [0.5, 0.6) is 5.75 Å². The average Bonchev–Trinajstić information content (AvgIpc) is 2.94. The van der Waals surface area contributed by atoms with Gasteiger partial charge < -0.3 is 29.7 Å². The minimum Gasteiger partial charge on any atom is -0.490 e. The number of carbonyl (C=O) groups is 2. The molecular weight excluding hydrogens is 560 g/mol. The molecule has 0 saturated carbocycles. The molecule has 3 amide bonds. The highest BCUT2D eigenvalue weighted by molar-refractivity contribution is 7.92. The number of fused-ring (bicyclic) bond motifs is 1. The molecule has 4 atom stereocenters. The average molecular weight is 605 g/mol. The summed E-state index contributed by atoms with van der Waals surface area (Å²) in [5, 5.41) is 13.0. The first-order valence-corrected chi connectivity index (χ1v) is 16.2. The first kappa shape index (κ1) is 33.2. The fourth-order valence-corrected chi connectivity index (χ4v) is 5.31. The third kappa shape index (κ3) is 9.88. The van der Waals surface area contributed by atoms with Crippen LogP contribution in [0.3, 0.4) is 0 Å². The summed E-state index contributed by atoms with van der Waals surface area (Å²) < 4.78 is 38.7. The monoisotopic (exact) mass is 604 g/mol. The van der Waals surface area contributed by atoms with Crippen molar-refractivity contribution in [2.24, 2.45) is 5.92 Å². The van der Waals surface area contributed by atoms with Crippen LogP contribution in [0, 0.1) is 5.92 Å². The number of hydrogen-bond acceptors (Lipinski definition) is 7. The van der Waals surface area contributed by atoms with Crippen molar-refractivity contribution < 1.29 is 32.6 Å². The van der Waals surface area contributed by atoms with E-state index < -0.39 is 28.1 Å². The second-order valence-corrected chi connectivity index (χ2v) is 12.8. The summed E-state index contributed by atoms with van der Waals surface area (Å²) in [6.07, 6.45) is 2.77. The lowest BCUT2D eigenvalue weighted by Gasteiger charge is -2.35. The molecule has 3 rings (SSSR count).